The Bertz CT molecular complexity index is 885. The second-order valence-corrected chi connectivity index (χ2v) is 8.50. The van der Waals surface area contributed by atoms with Gasteiger partial charge in [-0.05, 0) is 36.4 Å². The fraction of sp³-hybridized carbons (Fsp3) is 0.300. The van der Waals surface area contributed by atoms with E-state index in [4.69, 9.17) is 4.74 Å². The molecule has 0 radical (unpaired) electrons. The zero-order valence-corrected chi connectivity index (χ0v) is 16.8. The minimum atomic E-state index is -0.646. The molecule has 2 aliphatic heterocycles. The van der Waals surface area contributed by atoms with E-state index in [1.165, 1.54) is 11.3 Å². The number of ether oxygens (including phenoxy) is 1. The van der Waals surface area contributed by atoms with Crippen molar-refractivity contribution in [2.75, 3.05) is 13.2 Å². The van der Waals surface area contributed by atoms with Gasteiger partial charge in [0.15, 0.2) is 0 Å². The second kappa shape index (κ2) is 7.58. The monoisotopic (exact) mass is 447 g/mol. The summed E-state index contributed by atoms with van der Waals surface area (Å²) in [4.78, 5) is 28.0. The van der Waals surface area contributed by atoms with E-state index >= 15 is 0 Å². The molecule has 2 aromatic rings. The number of aliphatic hydroxyl groups is 1. The van der Waals surface area contributed by atoms with Gasteiger partial charge in [-0.2, -0.15) is 0 Å². The van der Waals surface area contributed by atoms with Crippen molar-refractivity contribution < 1.29 is 19.4 Å². The van der Waals surface area contributed by atoms with Crippen molar-refractivity contribution >= 4 is 44.7 Å². The maximum absolute atomic E-state index is 12.8. The predicted octanol–water partition coefficient (Wildman–Crippen LogP) is 4.11. The van der Waals surface area contributed by atoms with Gasteiger partial charge in [-0.3, -0.25) is 9.59 Å². The Morgan fingerprint density at radius 2 is 2.04 bits per heavy atom. The molecule has 2 unspecified atom stereocenters. The van der Waals surface area contributed by atoms with E-state index in [0.717, 1.165) is 22.2 Å². The Morgan fingerprint density at radius 3 is 2.67 bits per heavy atom. The van der Waals surface area contributed by atoms with Crippen molar-refractivity contribution in [2.45, 2.75) is 25.0 Å². The largest absolute Gasteiger partial charge is 0.507 e. The Balaban J connectivity index is 1.78. The van der Waals surface area contributed by atoms with Gasteiger partial charge in [0, 0.05) is 28.1 Å². The molecule has 2 fully saturated rings. The molecule has 140 valence electrons. The fourth-order valence-corrected chi connectivity index (χ4v) is 4.69. The molecule has 0 saturated carbocycles. The van der Waals surface area contributed by atoms with Crippen LogP contribution in [0.2, 0.25) is 0 Å². The summed E-state index contributed by atoms with van der Waals surface area (Å²) in [5, 5.41) is 12.8. The van der Waals surface area contributed by atoms with E-state index in [1.54, 1.807) is 29.2 Å². The van der Waals surface area contributed by atoms with E-state index in [9.17, 15) is 14.7 Å². The van der Waals surface area contributed by atoms with Crippen LogP contribution < -0.4 is 0 Å². The summed E-state index contributed by atoms with van der Waals surface area (Å²) < 4.78 is 6.54. The van der Waals surface area contributed by atoms with Crippen LogP contribution in [0, 0.1) is 0 Å². The quantitative estimate of drug-likeness (QED) is 0.434. The lowest BCUT2D eigenvalue weighted by molar-refractivity contribution is -0.140. The Morgan fingerprint density at radius 1 is 1.26 bits per heavy atom. The maximum Gasteiger partial charge on any atom is 0.295 e. The summed E-state index contributed by atoms with van der Waals surface area (Å²) >= 11 is 4.83. The van der Waals surface area contributed by atoms with Gasteiger partial charge < -0.3 is 14.7 Å². The highest BCUT2D eigenvalue weighted by Gasteiger charge is 2.47. The van der Waals surface area contributed by atoms with E-state index in [2.05, 4.69) is 15.9 Å². The molecule has 1 aromatic carbocycles. The fourth-order valence-electron chi connectivity index (χ4n) is 3.58. The van der Waals surface area contributed by atoms with Crippen LogP contribution in [0.25, 0.3) is 5.76 Å². The molecule has 2 aliphatic rings. The number of thiophene rings is 1. The number of likely N-dealkylation sites (tertiary alicyclic amines) is 1. The summed E-state index contributed by atoms with van der Waals surface area (Å²) in [6.45, 7) is 1.03. The van der Waals surface area contributed by atoms with Crippen LogP contribution in [0.5, 0.6) is 0 Å². The second-order valence-electron chi connectivity index (χ2n) is 6.61. The Kier molecular flexibility index (Phi) is 5.16. The average Bonchev–Trinajstić information content (AvgIpc) is 3.40. The van der Waals surface area contributed by atoms with E-state index in [-0.39, 0.29) is 17.4 Å². The molecule has 0 aliphatic carbocycles. The standard InChI is InChI=1S/C20H18BrNO4S/c21-13-7-5-12(6-8-13)18(23)16-17(15-4-2-10-27-15)22(20(25)19(16)24)11-14-3-1-9-26-14/h2,4-8,10,14,17,23H,1,3,9,11H2/b18-16-. The lowest BCUT2D eigenvalue weighted by Gasteiger charge is -2.26. The van der Waals surface area contributed by atoms with Gasteiger partial charge in [-0.1, -0.05) is 34.1 Å². The first kappa shape index (κ1) is 18.4. The molecule has 1 aromatic heterocycles. The van der Waals surface area contributed by atoms with Crippen LogP contribution in [-0.2, 0) is 14.3 Å². The topological polar surface area (TPSA) is 66.8 Å². The number of carbonyl (C=O) groups excluding carboxylic acids is 2. The molecule has 2 saturated heterocycles. The third kappa shape index (κ3) is 3.47. The van der Waals surface area contributed by atoms with Crippen molar-refractivity contribution in [3.63, 3.8) is 0 Å². The van der Waals surface area contributed by atoms with Crippen molar-refractivity contribution in [3.8, 4) is 0 Å². The first-order chi connectivity index (χ1) is 13.1. The van der Waals surface area contributed by atoms with Crippen LogP contribution in [0.3, 0.4) is 0 Å². The number of rotatable bonds is 4. The number of aliphatic hydroxyl groups excluding tert-OH is 1. The number of halogens is 1. The lowest BCUT2D eigenvalue weighted by Crippen LogP contribution is -2.36. The van der Waals surface area contributed by atoms with Crippen LogP contribution in [0.4, 0.5) is 0 Å². The van der Waals surface area contributed by atoms with Crippen molar-refractivity contribution in [1.82, 2.24) is 4.90 Å². The number of ketones is 1. The summed E-state index contributed by atoms with van der Waals surface area (Å²) in [6.07, 6.45) is 1.75. The zero-order valence-electron chi connectivity index (χ0n) is 14.4. The van der Waals surface area contributed by atoms with Crippen LogP contribution >= 0.6 is 27.3 Å². The van der Waals surface area contributed by atoms with Crippen molar-refractivity contribution in [3.05, 3.63) is 62.3 Å². The van der Waals surface area contributed by atoms with Gasteiger partial charge in [-0.15, -0.1) is 11.3 Å². The van der Waals surface area contributed by atoms with Gasteiger partial charge in [0.2, 0.25) is 0 Å². The Hall–Kier alpha value is -1.96. The number of amides is 1. The molecule has 1 N–H and O–H groups in total. The molecular weight excluding hydrogens is 430 g/mol. The highest BCUT2D eigenvalue weighted by molar-refractivity contribution is 9.10. The number of benzene rings is 1. The van der Waals surface area contributed by atoms with Gasteiger partial charge in [-0.25, -0.2) is 0 Å². The van der Waals surface area contributed by atoms with Gasteiger partial charge in [0.1, 0.15) is 5.76 Å². The van der Waals surface area contributed by atoms with Crippen molar-refractivity contribution in [1.29, 1.82) is 0 Å². The summed E-state index contributed by atoms with van der Waals surface area (Å²) in [5.74, 6) is -1.37. The molecule has 4 rings (SSSR count). The van der Waals surface area contributed by atoms with Crippen molar-refractivity contribution in [2.24, 2.45) is 0 Å². The maximum atomic E-state index is 12.8. The van der Waals surface area contributed by atoms with E-state index in [1.807, 2.05) is 17.5 Å². The molecular formula is C20H18BrNO4S. The first-order valence-electron chi connectivity index (χ1n) is 8.75. The first-order valence-corrected chi connectivity index (χ1v) is 10.4. The molecule has 0 spiro atoms. The minimum absolute atomic E-state index is 0.0709. The highest BCUT2D eigenvalue weighted by atomic mass is 79.9. The van der Waals surface area contributed by atoms with Crippen LogP contribution in [-0.4, -0.2) is 41.0 Å². The molecule has 0 bridgehead atoms. The third-order valence-electron chi connectivity index (χ3n) is 4.89. The number of nitrogens with zero attached hydrogens (tertiary/aromatic N) is 1. The number of hydrogen-bond acceptors (Lipinski definition) is 5. The molecule has 1 amide bonds. The average molecular weight is 448 g/mol. The predicted molar refractivity (Wildman–Crippen MR) is 106 cm³/mol. The van der Waals surface area contributed by atoms with Gasteiger partial charge >= 0.3 is 0 Å². The smallest absolute Gasteiger partial charge is 0.295 e. The minimum Gasteiger partial charge on any atom is -0.507 e. The summed E-state index contributed by atoms with van der Waals surface area (Å²) in [6, 6.07) is 10.2. The number of carbonyl (C=O) groups is 2. The lowest BCUT2D eigenvalue weighted by atomic mass is 10.00. The summed E-state index contributed by atoms with van der Waals surface area (Å²) in [7, 11) is 0. The van der Waals surface area contributed by atoms with E-state index < -0.39 is 17.7 Å². The molecule has 7 heteroatoms. The number of hydrogen-bond donors (Lipinski definition) is 1. The molecule has 27 heavy (non-hydrogen) atoms. The summed E-state index contributed by atoms with van der Waals surface area (Å²) in [5.41, 5.74) is 0.651. The van der Waals surface area contributed by atoms with Gasteiger partial charge in [0.25, 0.3) is 11.7 Å². The van der Waals surface area contributed by atoms with Crippen LogP contribution in [0.1, 0.15) is 29.3 Å². The molecule has 3 heterocycles. The Labute approximate surface area is 169 Å². The highest BCUT2D eigenvalue weighted by Crippen LogP contribution is 2.41. The molecule has 5 nitrogen and oxygen atoms in total. The zero-order chi connectivity index (χ0) is 19.0. The van der Waals surface area contributed by atoms with Gasteiger partial charge in [0.05, 0.1) is 17.7 Å². The molecule has 2 atom stereocenters. The third-order valence-corrected chi connectivity index (χ3v) is 6.35. The SMILES string of the molecule is O=C1C(=O)N(CC2CCCO2)C(c2cccs2)/C1=C(/O)c1ccc(Br)cc1. The van der Waals surface area contributed by atoms with Crippen LogP contribution in [0.15, 0.2) is 51.8 Å². The normalized spacial score (nSPS) is 24.7. The number of Topliss-reactive ketones (excluding diaryl/α,β-unsaturated/α-hetero) is 1. The van der Waals surface area contributed by atoms with E-state index in [0.29, 0.717) is 18.7 Å².